The van der Waals surface area contributed by atoms with Crippen LogP contribution >= 0.6 is 0 Å². The number of benzene rings is 1. The first-order chi connectivity index (χ1) is 6.76. The molecule has 1 aromatic carbocycles. The van der Waals surface area contributed by atoms with Gasteiger partial charge in [-0.3, -0.25) is 0 Å². The second kappa shape index (κ2) is 5.22. The molecule has 0 aliphatic carbocycles. The maximum Gasteiger partial charge on any atom is 0.0793 e. The molecule has 0 aliphatic rings. The van der Waals surface area contributed by atoms with Gasteiger partial charge in [-0.05, 0) is 25.0 Å². The van der Waals surface area contributed by atoms with E-state index in [2.05, 4.69) is 24.2 Å². The second-order valence-corrected chi connectivity index (χ2v) is 3.19. The summed E-state index contributed by atoms with van der Waals surface area (Å²) in [6.45, 7) is 4.01. The van der Waals surface area contributed by atoms with Gasteiger partial charge in [0.05, 0.1) is 5.71 Å². The summed E-state index contributed by atoms with van der Waals surface area (Å²) in [6.07, 6.45) is 4.50. The van der Waals surface area contributed by atoms with Crippen LogP contribution in [0.5, 0.6) is 0 Å². The van der Waals surface area contributed by atoms with Gasteiger partial charge in [0.2, 0.25) is 0 Å². The zero-order valence-electron chi connectivity index (χ0n) is 8.57. The number of hydrogen-bond acceptors (Lipinski definition) is 2. The molecule has 0 fully saturated rings. The smallest absolute Gasteiger partial charge is 0.0793 e. The molecular weight excluding hydrogens is 174 g/mol. The average Bonchev–Trinajstić information content (AvgIpc) is 2.22. The molecule has 0 heterocycles. The van der Waals surface area contributed by atoms with E-state index in [1.54, 1.807) is 0 Å². The third-order valence-electron chi connectivity index (χ3n) is 2.04. The zero-order valence-corrected chi connectivity index (χ0v) is 8.57. The van der Waals surface area contributed by atoms with Crippen LogP contribution in [0.4, 0.5) is 0 Å². The van der Waals surface area contributed by atoms with E-state index in [1.165, 1.54) is 5.56 Å². The van der Waals surface area contributed by atoms with Gasteiger partial charge in [-0.15, -0.1) is 0 Å². The van der Waals surface area contributed by atoms with Gasteiger partial charge >= 0.3 is 0 Å². The monoisotopic (exact) mass is 189 g/mol. The highest BCUT2D eigenvalue weighted by molar-refractivity contribution is 5.97. The average molecular weight is 189 g/mol. The van der Waals surface area contributed by atoms with Gasteiger partial charge in [0.15, 0.2) is 0 Å². The molecule has 74 valence electrons. The molecule has 0 saturated carbocycles. The first-order valence-electron chi connectivity index (χ1n) is 4.72. The van der Waals surface area contributed by atoms with Crippen molar-refractivity contribution in [3.63, 3.8) is 0 Å². The Morgan fingerprint density at radius 2 is 2.00 bits per heavy atom. The Morgan fingerprint density at radius 3 is 2.50 bits per heavy atom. The standard InChI is InChI=1S/C12H15NO/c1-3-12(13-14)9-8-11-6-4-10(2)5-7-11/h4-9,14H,3H2,1-2H3/b9-8+,13-12+. The summed E-state index contributed by atoms with van der Waals surface area (Å²) >= 11 is 0. The van der Waals surface area contributed by atoms with Crippen LogP contribution in [0.3, 0.4) is 0 Å². The highest BCUT2D eigenvalue weighted by Gasteiger charge is 1.90. The molecule has 0 aliphatic heterocycles. The van der Waals surface area contributed by atoms with Crippen molar-refractivity contribution in [2.75, 3.05) is 0 Å². The molecule has 0 aromatic heterocycles. The summed E-state index contributed by atoms with van der Waals surface area (Å²) in [5.74, 6) is 0. The summed E-state index contributed by atoms with van der Waals surface area (Å²) in [5, 5.41) is 11.8. The van der Waals surface area contributed by atoms with Crippen molar-refractivity contribution in [2.45, 2.75) is 20.3 Å². The molecule has 0 spiro atoms. The Hall–Kier alpha value is -1.57. The first kappa shape index (κ1) is 10.5. The lowest BCUT2D eigenvalue weighted by molar-refractivity contribution is 0.318. The Bertz CT molecular complexity index is 336. The number of nitrogens with zero attached hydrogens (tertiary/aromatic N) is 1. The van der Waals surface area contributed by atoms with Crippen molar-refractivity contribution in [3.05, 3.63) is 41.5 Å². The molecule has 0 saturated heterocycles. The fourth-order valence-corrected chi connectivity index (χ4v) is 1.09. The van der Waals surface area contributed by atoms with Crippen molar-refractivity contribution >= 4 is 11.8 Å². The van der Waals surface area contributed by atoms with Gasteiger partial charge in [0, 0.05) is 0 Å². The lowest BCUT2D eigenvalue weighted by Crippen LogP contribution is -1.88. The molecule has 14 heavy (non-hydrogen) atoms. The molecule has 0 unspecified atom stereocenters. The molecule has 2 nitrogen and oxygen atoms in total. The van der Waals surface area contributed by atoms with Gasteiger partial charge in [-0.2, -0.15) is 0 Å². The molecule has 0 radical (unpaired) electrons. The zero-order chi connectivity index (χ0) is 10.4. The summed E-state index contributed by atoms with van der Waals surface area (Å²) in [4.78, 5) is 0. The molecule has 0 atom stereocenters. The molecule has 0 bridgehead atoms. The maximum atomic E-state index is 8.58. The van der Waals surface area contributed by atoms with Crippen LogP contribution in [-0.4, -0.2) is 10.9 Å². The van der Waals surface area contributed by atoms with Gasteiger partial charge < -0.3 is 5.21 Å². The Morgan fingerprint density at radius 1 is 1.36 bits per heavy atom. The summed E-state index contributed by atoms with van der Waals surface area (Å²) < 4.78 is 0. The van der Waals surface area contributed by atoms with E-state index in [9.17, 15) is 0 Å². The van der Waals surface area contributed by atoms with E-state index in [-0.39, 0.29) is 0 Å². The van der Waals surface area contributed by atoms with E-state index < -0.39 is 0 Å². The highest BCUT2D eigenvalue weighted by Crippen LogP contribution is 2.05. The van der Waals surface area contributed by atoms with Crippen LogP contribution in [0.15, 0.2) is 35.5 Å². The van der Waals surface area contributed by atoms with Gasteiger partial charge in [0.1, 0.15) is 0 Å². The second-order valence-electron chi connectivity index (χ2n) is 3.19. The third kappa shape index (κ3) is 3.05. The topological polar surface area (TPSA) is 32.6 Å². The normalized spacial score (nSPS) is 12.3. The van der Waals surface area contributed by atoms with Crippen molar-refractivity contribution in [2.24, 2.45) is 5.16 Å². The Balaban J connectivity index is 2.73. The fraction of sp³-hybridized carbons (Fsp3) is 0.250. The lowest BCUT2D eigenvalue weighted by atomic mass is 10.1. The van der Waals surface area contributed by atoms with Crippen LogP contribution in [0.25, 0.3) is 6.08 Å². The Kier molecular flexibility index (Phi) is 3.92. The van der Waals surface area contributed by atoms with Crippen LogP contribution in [0.1, 0.15) is 24.5 Å². The molecule has 1 aromatic rings. The van der Waals surface area contributed by atoms with E-state index in [0.29, 0.717) is 5.71 Å². The van der Waals surface area contributed by atoms with Crippen molar-refractivity contribution in [1.82, 2.24) is 0 Å². The van der Waals surface area contributed by atoms with Crippen molar-refractivity contribution in [3.8, 4) is 0 Å². The lowest BCUT2D eigenvalue weighted by Gasteiger charge is -1.95. The summed E-state index contributed by atoms with van der Waals surface area (Å²) in [6, 6.07) is 8.19. The predicted octanol–water partition coefficient (Wildman–Crippen LogP) is 3.25. The molecular formula is C12H15NO. The number of rotatable bonds is 3. The molecule has 1 N–H and O–H groups in total. The van der Waals surface area contributed by atoms with Crippen LogP contribution < -0.4 is 0 Å². The molecule has 2 heteroatoms. The number of hydrogen-bond donors (Lipinski definition) is 1. The maximum absolute atomic E-state index is 8.58. The fourth-order valence-electron chi connectivity index (χ4n) is 1.09. The Labute approximate surface area is 84.6 Å². The van der Waals surface area contributed by atoms with Gasteiger partial charge in [-0.25, -0.2) is 0 Å². The first-order valence-corrected chi connectivity index (χ1v) is 4.72. The van der Waals surface area contributed by atoms with E-state index in [1.807, 2.05) is 31.2 Å². The summed E-state index contributed by atoms with van der Waals surface area (Å²) in [7, 11) is 0. The molecule has 1 rings (SSSR count). The van der Waals surface area contributed by atoms with Crippen LogP contribution in [-0.2, 0) is 0 Å². The third-order valence-corrected chi connectivity index (χ3v) is 2.04. The minimum atomic E-state index is 0.686. The number of oxime groups is 1. The number of aryl methyl sites for hydroxylation is 1. The van der Waals surface area contributed by atoms with Crippen molar-refractivity contribution < 1.29 is 5.21 Å². The molecule has 0 amide bonds. The SMILES string of the molecule is CCC(/C=C/c1ccc(C)cc1)=N\O. The predicted molar refractivity (Wildman–Crippen MR) is 59.7 cm³/mol. The summed E-state index contributed by atoms with van der Waals surface area (Å²) in [5.41, 5.74) is 3.05. The minimum Gasteiger partial charge on any atom is -0.411 e. The quantitative estimate of drug-likeness (QED) is 0.442. The minimum absolute atomic E-state index is 0.686. The van der Waals surface area contributed by atoms with Crippen molar-refractivity contribution in [1.29, 1.82) is 0 Å². The van der Waals surface area contributed by atoms with Gasteiger partial charge in [0.25, 0.3) is 0 Å². The highest BCUT2D eigenvalue weighted by atomic mass is 16.4. The largest absolute Gasteiger partial charge is 0.411 e. The van der Waals surface area contributed by atoms with E-state index in [4.69, 9.17) is 5.21 Å². The number of allylic oxidation sites excluding steroid dienone is 1. The van der Waals surface area contributed by atoms with Crippen LogP contribution in [0.2, 0.25) is 0 Å². The van der Waals surface area contributed by atoms with E-state index in [0.717, 1.165) is 12.0 Å². The van der Waals surface area contributed by atoms with Crippen LogP contribution in [0, 0.1) is 6.92 Å². The van der Waals surface area contributed by atoms with E-state index >= 15 is 0 Å². The van der Waals surface area contributed by atoms with Gasteiger partial charge in [-0.1, -0.05) is 48.0 Å².